The summed E-state index contributed by atoms with van der Waals surface area (Å²) in [6.45, 7) is 0. The second kappa shape index (κ2) is 5.49. The number of aromatic hydroxyl groups is 1. The zero-order chi connectivity index (χ0) is 13.9. The monoisotopic (exact) mass is 281 g/mol. The van der Waals surface area contributed by atoms with E-state index in [1.54, 1.807) is 0 Å². The largest absolute Gasteiger partial charge is 0.508 e. The number of ether oxygens (including phenoxy) is 1. The van der Waals surface area contributed by atoms with E-state index in [9.17, 15) is 23.1 Å². The van der Waals surface area contributed by atoms with Gasteiger partial charge in [-0.25, -0.2) is 0 Å². The fourth-order valence-corrected chi connectivity index (χ4v) is 1.82. The van der Waals surface area contributed by atoms with E-state index in [1.807, 2.05) is 0 Å². The third-order valence-corrected chi connectivity index (χ3v) is 2.74. The third kappa shape index (κ3) is 3.81. The summed E-state index contributed by atoms with van der Waals surface area (Å²) >= 11 is -0.358. The van der Waals surface area contributed by atoms with Crippen LogP contribution in [0.4, 0.5) is 13.2 Å². The van der Waals surface area contributed by atoms with Crippen LogP contribution in [-0.4, -0.2) is 23.7 Å². The Morgan fingerprint density at radius 2 is 2.11 bits per heavy atom. The predicted molar refractivity (Wildman–Crippen MR) is 59.0 cm³/mol. The summed E-state index contributed by atoms with van der Waals surface area (Å²) in [5.74, 6) is -1.21. The van der Waals surface area contributed by atoms with Crippen molar-refractivity contribution in [2.75, 3.05) is 7.11 Å². The fraction of sp³-hybridized carbons (Fsp3) is 0.300. The minimum absolute atomic E-state index is 0.115. The summed E-state index contributed by atoms with van der Waals surface area (Å²) in [4.78, 5) is 11.0. The lowest BCUT2D eigenvalue weighted by Gasteiger charge is -2.13. The Morgan fingerprint density at radius 1 is 1.50 bits per heavy atom. The molecule has 8 heteroatoms. The van der Waals surface area contributed by atoms with Crippen molar-refractivity contribution in [1.82, 2.24) is 0 Å². The molecule has 0 radical (unpaired) electrons. The van der Waals surface area contributed by atoms with Crippen molar-refractivity contribution in [1.29, 1.82) is 0 Å². The maximum atomic E-state index is 12.2. The van der Waals surface area contributed by atoms with Crippen molar-refractivity contribution in [2.45, 2.75) is 16.4 Å². The van der Waals surface area contributed by atoms with Gasteiger partial charge in [0, 0.05) is 10.5 Å². The number of hydrogen-bond acceptors (Lipinski definition) is 5. The molecule has 4 nitrogen and oxygen atoms in total. The van der Waals surface area contributed by atoms with Gasteiger partial charge in [0.2, 0.25) is 0 Å². The highest BCUT2D eigenvalue weighted by Crippen LogP contribution is 2.39. The summed E-state index contributed by atoms with van der Waals surface area (Å²) in [5, 5.41) is 9.47. The molecule has 1 aromatic rings. The van der Waals surface area contributed by atoms with E-state index in [-0.39, 0.29) is 28.0 Å². The number of rotatable bonds is 3. The topological polar surface area (TPSA) is 72.5 Å². The van der Waals surface area contributed by atoms with Gasteiger partial charge in [0.05, 0.1) is 7.11 Å². The number of benzene rings is 1. The lowest BCUT2D eigenvalue weighted by atomic mass is 10.1. The van der Waals surface area contributed by atoms with Crippen LogP contribution in [-0.2, 0) is 9.53 Å². The van der Waals surface area contributed by atoms with Gasteiger partial charge in [0.25, 0.3) is 0 Å². The SMILES string of the molecule is COC(=O)[C@@H](N)c1cc(SC(F)(F)F)ccc1O. The summed E-state index contributed by atoms with van der Waals surface area (Å²) < 4.78 is 40.9. The number of carbonyl (C=O) groups excluding carboxylic acids is 1. The Bertz CT molecular complexity index is 450. The maximum absolute atomic E-state index is 12.2. The van der Waals surface area contributed by atoms with Crippen LogP contribution >= 0.6 is 11.8 Å². The minimum atomic E-state index is -4.45. The number of phenolic OH excluding ortho intramolecular Hbond substituents is 1. The van der Waals surface area contributed by atoms with Crippen LogP contribution in [0, 0.1) is 0 Å². The molecule has 0 bridgehead atoms. The van der Waals surface area contributed by atoms with Gasteiger partial charge >= 0.3 is 11.5 Å². The van der Waals surface area contributed by atoms with Crippen molar-refractivity contribution in [2.24, 2.45) is 5.73 Å². The van der Waals surface area contributed by atoms with Gasteiger partial charge in [0.15, 0.2) is 0 Å². The highest BCUT2D eigenvalue weighted by atomic mass is 32.2. The number of alkyl halides is 3. The zero-order valence-electron chi connectivity index (χ0n) is 9.19. The molecule has 0 spiro atoms. The average molecular weight is 281 g/mol. The molecule has 0 aliphatic carbocycles. The molecule has 0 aliphatic heterocycles. The number of methoxy groups -OCH3 is 1. The van der Waals surface area contributed by atoms with Crippen LogP contribution in [0.25, 0.3) is 0 Å². The normalized spacial score (nSPS) is 13.2. The molecule has 100 valence electrons. The van der Waals surface area contributed by atoms with Gasteiger partial charge in [-0.15, -0.1) is 0 Å². The first-order valence-electron chi connectivity index (χ1n) is 4.66. The van der Waals surface area contributed by atoms with Crippen LogP contribution in [0.15, 0.2) is 23.1 Å². The standard InChI is InChI=1S/C10H10F3NO3S/c1-17-9(16)8(14)6-4-5(2-3-7(6)15)18-10(11,12)13/h2-4,8,15H,14H2,1H3/t8-/m0/s1. The van der Waals surface area contributed by atoms with Crippen LogP contribution in [0.1, 0.15) is 11.6 Å². The third-order valence-electron chi connectivity index (χ3n) is 2.02. The summed E-state index contributed by atoms with van der Waals surface area (Å²) in [7, 11) is 1.09. The summed E-state index contributed by atoms with van der Waals surface area (Å²) in [6, 6.07) is 1.81. The molecule has 0 heterocycles. The molecule has 1 rings (SSSR count). The number of halogens is 3. The Balaban J connectivity index is 3.05. The van der Waals surface area contributed by atoms with Crippen molar-refractivity contribution < 1.29 is 27.8 Å². The fourth-order valence-electron chi connectivity index (χ4n) is 1.23. The maximum Gasteiger partial charge on any atom is 0.446 e. The van der Waals surface area contributed by atoms with E-state index in [0.29, 0.717) is 0 Å². The number of phenols is 1. The molecule has 0 aliphatic rings. The van der Waals surface area contributed by atoms with Gasteiger partial charge < -0.3 is 15.6 Å². The molecule has 0 unspecified atom stereocenters. The van der Waals surface area contributed by atoms with Crippen molar-refractivity contribution in [3.63, 3.8) is 0 Å². The van der Waals surface area contributed by atoms with Gasteiger partial charge in [-0.2, -0.15) is 13.2 Å². The molecular formula is C10H10F3NO3S. The van der Waals surface area contributed by atoms with E-state index in [2.05, 4.69) is 4.74 Å². The predicted octanol–water partition coefficient (Wildman–Crippen LogP) is 2.18. The molecular weight excluding hydrogens is 271 g/mol. The Hall–Kier alpha value is -1.41. The van der Waals surface area contributed by atoms with Crippen molar-refractivity contribution in [3.8, 4) is 5.75 Å². The molecule has 18 heavy (non-hydrogen) atoms. The lowest BCUT2D eigenvalue weighted by Crippen LogP contribution is -2.22. The quantitative estimate of drug-likeness (QED) is 0.656. The van der Waals surface area contributed by atoms with Gasteiger partial charge in [0.1, 0.15) is 11.8 Å². The van der Waals surface area contributed by atoms with Crippen molar-refractivity contribution >= 4 is 17.7 Å². The van der Waals surface area contributed by atoms with Crippen LogP contribution in [0.5, 0.6) is 5.75 Å². The number of nitrogens with two attached hydrogens (primary N) is 1. The van der Waals surface area contributed by atoms with Crippen molar-refractivity contribution in [3.05, 3.63) is 23.8 Å². The zero-order valence-corrected chi connectivity index (χ0v) is 10.0. The highest BCUT2D eigenvalue weighted by molar-refractivity contribution is 8.00. The molecule has 0 saturated carbocycles. The first kappa shape index (κ1) is 14.7. The van der Waals surface area contributed by atoms with Crippen LogP contribution < -0.4 is 5.73 Å². The molecule has 1 aromatic carbocycles. The minimum Gasteiger partial charge on any atom is -0.508 e. The van der Waals surface area contributed by atoms with Crippen LogP contribution in [0.2, 0.25) is 0 Å². The summed E-state index contributed by atoms with van der Waals surface area (Å²) in [6.07, 6.45) is 0. The first-order chi connectivity index (χ1) is 8.24. The molecule has 3 N–H and O–H groups in total. The molecule has 0 fully saturated rings. The average Bonchev–Trinajstić information content (AvgIpc) is 2.28. The van der Waals surface area contributed by atoms with E-state index < -0.39 is 17.5 Å². The van der Waals surface area contributed by atoms with Gasteiger partial charge in [-0.1, -0.05) is 0 Å². The summed E-state index contributed by atoms with van der Waals surface area (Å²) in [5.41, 5.74) is 0.888. The second-order valence-electron chi connectivity index (χ2n) is 3.27. The number of thioether (sulfide) groups is 1. The van der Waals surface area contributed by atoms with Crippen LogP contribution in [0.3, 0.4) is 0 Å². The van der Waals surface area contributed by atoms with Gasteiger partial charge in [-0.05, 0) is 30.0 Å². The number of carbonyl (C=O) groups is 1. The Kier molecular flexibility index (Phi) is 4.47. The van der Waals surface area contributed by atoms with E-state index >= 15 is 0 Å². The van der Waals surface area contributed by atoms with E-state index in [1.165, 1.54) is 0 Å². The highest BCUT2D eigenvalue weighted by Gasteiger charge is 2.30. The molecule has 0 aromatic heterocycles. The Labute approximate surface area is 105 Å². The van der Waals surface area contributed by atoms with E-state index in [0.717, 1.165) is 25.3 Å². The first-order valence-corrected chi connectivity index (χ1v) is 5.48. The number of esters is 1. The second-order valence-corrected chi connectivity index (χ2v) is 4.41. The molecule has 1 atom stereocenters. The lowest BCUT2D eigenvalue weighted by molar-refractivity contribution is -0.142. The molecule has 0 saturated heterocycles. The number of hydrogen-bond donors (Lipinski definition) is 2. The van der Waals surface area contributed by atoms with Gasteiger partial charge in [-0.3, -0.25) is 4.79 Å². The Morgan fingerprint density at radius 3 is 2.61 bits per heavy atom. The smallest absolute Gasteiger partial charge is 0.446 e. The van der Waals surface area contributed by atoms with E-state index in [4.69, 9.17) is 5.73 Å². The molecule has 0 amide bonds.